The van der Waals surface area contributed by atoms with Gasteiger partial charge in [0.1, 0.15) is 0 Å². The normalized spacial score (nSPS) is 16.0. The molecule has 0 spiro atoms. The monoisotopic (exact) mass is 419 g/mol. The molecular weight excluding hydrogens is 398 g/mol. The van der Waals surface area contributed by atoms with E-state index in [0.717, 1.165) is 0 Å². The van der Waals surface area contributed by atoms with Crippen LogP contribution in [0.1, 0.15) is 17.3 Å². The Morgan fingerprint density at radius 1 is 1.17 bits per heavy atom. The lowest BCUT2D eigenvalue weighted by Crippen LogP contribution is -2.40. The van der Waals surface area contributed by atoms with E-state index in [1.807, 2.05) is 0 Å². The van der Waals surface area contributed by atoms with Gasteiger partial charge in [0.2, 0.25) is 10.0 Å². The van der Waals surface area contributed by atoms with Gasteiger partial charge < -0.3 is 14.8 Å². The molecule has 154 valence electrons. The highest BCUT2D eigenvalue weighted by Gasteiger charge is 2.26. The second-order valence-corrected chi connectivity index (χ2v) is 8.26. The Morgan fingerprint density at radius 3 is 2.48 bits per heavy atom. The summed E-state index contributed by atoms with van der Waals surface area (Å²) < 4.78 is 36.9. The quantitative estimate of drug-likeness (QED) is 0.702. The highest BCUT2D eigenvalue weighted by atomic mass is 32.2. The Balaban J connectivity index is 1.60. The van der Waals surface area contributed by atoms with Crippen LogP contribution in [0.5, 0.6) is 0 Å². The average Bonchev–Trinajstić information content (AvgIpc) is 2.75. The van der Waals surface area contributed by atoms with Crippen LogP contribution in [0.25, 0.3) is 0 Å². The van der Waals surface area contributed by atoms with Crippen molar-refractivity contribution < 1.29 is 27.5 Å². The van der Waals surface area contributed by atoms with Gasteiger partial charge in [-0.15, -0.1) is 0 Å². The molecule has 1 aromatic heterocycles. The summed E-state index contributed by atoms with van der Waals surface area (Å²) in [6.45, 7) is 2.79. The first-order valence-electron chi connectivity index (χ1n) is 8.98. The van der Waals surface area contributed by atoms with Crippen molar-refractivity contribution in [2.45, 2.75) is 17.9 Å². The van der Waals surface area contributed by atoms with Crippen LogP contribution in [0.2, 0.25) is 0 Å². The number of nitrogens with zero attached hydrogens (tertiary/aromatic N) is 2. The van der Waals surface area contributed by atoms with Crippen molar-refractivity contribution in [1.29, 1.82) is 0 Å². The molecule has 3 rings (SSSR count). The Morgan fingerprint density at radius 2 is 1.86 bits per heavy atom. The first-order chi connectivity index (χ1) is 13.9. The third-order valence-corrected chi connectivity index (χ3v) is 6.19. The summed E-state index contributed by atoms with van der Waals surface area (Å²) in [4.78, 5) is 28.2. The van der Waals surface area contributed by atoms with E-state index in [1.165, 1.54) is 54.0 Å². The zero-order valence-corrected chi connectivity index (χ0v) is 16.6. The van der Waals surface area contributed by atoms with Crippen molar-refractivity contribution >= 4 is 27.6 Å². The number of carbonyl (C=O) groups is 2. The minimum atomic E-state index is -3.60. The number of esters is 1. The highest BCUT2D eigenvalue weighted by molar-refractivity contribution is 7.89. The highest BCUT2D eigenvalue weighted by Crippen LogP contribution is 2.19. The zero-order valence-electron chi connectivity index (χ0n) is 15.8. The number of aromatic nitrogens is 1. The maximum absolute atomic E-state index is 12.6. The van der Waals surface area contributed by atoms with E-state index in [1.54, 1.807) is 6.07 Å². The average molecular weight is 419 g/mol. The zero-order chi connectivity index (χ0) is 20.9. The molecular formula is C19H21N3O6S. The number of hydrogen-bond acceptors (Lipinski definition) is 7. The number of morpholine rings is 1. The molecule has 1 aliphatic heterocycles. The van der Waals surface area contributed by atoms with Gasteiger partial charge in [0, 0.05) is 31.2 Å². The fourth-order valence-electron chi connectivity index (χ4n) is 2.66. The van der Waals surface area contributed by atoms with E-state index in [-0.39, 0.29) is 10.5 Å². The third-order valence-electron chi connectivity index (χ3n) is 4.28. The van der Waals surface area contributed by atoms with Crippen molar-refractivity contribution in [3.8, 4) is 0 Å². The van der Waals surface area contributed by atoms with Crippen LogP contribution >= 0.6 is 0 Å². The van der Waals surface area contributed by atoms with E-state index < -0.39 is 28.0 Å². The van der Waals surface area contributed by atoms with Crippen molar-refractivity contribution in [2.75, 3.05) is 31.6 Å². The standard InChI is InChI=1S/C19H21N3O6S/c1-14(28-19(24)15-3-2-8-20-13-15)18(23)21-16-4-6-17(7-5-16)29(25,26)22-9-11-27-12-10-22/h2-8,13-14H,9-12H2,1H3,(H,21,23)/t14-/m0/s1. The molecule has 1 aliphatic rings. The maximum atomic E-state index is 12.6. The third kappa shape index (κ3) is 5.17. The Bertz CT molecular complexity index is 957. The van der Waals surface area contributed by atoms with Gasteiger partial charge in [-0.05, 0) is 43.3 Å². The lowest BCUT2D eigenvalue weighted by Gasteiger charge is -2.26. The Kier molecular flexibility index (Phi) is 6.57. The molecule has 0 radical (unpaired) electrons. The molecule has 2 heterocycles. The molecule has 1 aromatic carbocycles. The van der Waals surface area contributed by atoms with Crippen molar-refractivity contribution in [2.24, 2.45) is 0 Å². The fourth-order valence-corrected chi connectivity index (χ4v) is 4.06. The summed E-state index contributed by atoms with van der Waals surface area (Å²) >= 11 is 0. The molecule has 10 heteroatoms. The van der Waals surface area contributed by atoms with Gasteiger partial charge in [-0.2, -0.15) is 4.31 Å². The molecule has 2 aromatic rings. The number of ether oxygens (including phenoxy) is 2. The van der Waals surface area contributed by atoms with Gasteiger partial charge in [-0.1, -0.05) is 0 Å². The molecule has 0 aliphatic carbocycles. The predicted molar refractivity (Wildman–Crippen MR) is 104 cm³/mol. The van der Waals surface area contributed by atoms with E-state index in [2.05, 4.69) is 10.3 Å². The van der Waals surface area contributed by atoms with Gasteiger partial charge >= 0.3 is 5.97 Å². The van der Waals surface area contributed by atoms with Crippen LogP contribution in [-0.2, 0) is 24.3 Å². The maximum Gasteiger partial charge on any atom is 0.340 e. The Hall–Kier alpha value is -2.82. The van der Waals surface area contributed by atoms with Crippen LogP contribution in [0.4, 0.5) is 5.69 Å². The lowest BCUT2D eigenvalue weighted by molar-refractivity contribution is -0.123. The molecule has 0 saturated carbocycles. The number of sulfonamides is 1. The topological polar surface area (TPSA) is 115 Å². The lowest BCUT2D eigenvalue weighted by atomic mass is 10.2. The second kappa shape index (κ2) is 9.12. The fraction of sp³-hybridized carbons (Fsp3) is 0.316. The number of nitrogens with one attached hydrogen (secondary N) is 1. The van der Waals surface area contributed by atoms with Crippen LogP contribution < -0.4 is 5.32 Å². The smallest absolute Gasteiger partial charge is 0.340 e. The van der Waals surface area contributed by atoms with E-state index in [9.17, 15) is 18.0 Å². The predicted octanol–water partition coefficient (Wildman–Crippen LogP) is 1.29. The summed E-state index contributed by atoms with van der Waals surface area (Å²) in [5.41, 5.74) is 0.630. The summed E-state index contributed by atoms with van der Waals surface area (Å²) in [5, 5.41) is 2.60. The van der Waals surface area contributed by atoms with Crippen LogP contribution in [-0.4, -0.2) is 62.0 Å². The molecule has 1 atom stereocenters. The Labute approximate surface area is 168 Å². The summed E-state index contributed by atoms with van der Waals surface area (Å²) in [7, 11) is -3.60. The number of amides is 1. The summed E-state index contributed by atoms with van der Waals surface area (Å²) in [6.07, 6.45) is 1.83. The summed E-state index contributed by atoms with van der Waals surface area (Å²) in [5.74, 6) is -1.20. The molecule has 0 unspecified atom stereocenters. The van der Waals surface area contributed by atoms with Crippen molar-refractivity contribution in [3.05, 3.63) is 54.4 Å². The molecule has 29 heavy (non-hydrogen) atoms. The molecule has 9 nitrogen and oxygen atoms in total. The molecule has 1 saturated heterocycles. The van der Waals surface area contributed by atoms with E-state index in [4.69, 9.17) is 9.47 Å². The van der Waals surface area contributed by atoms with Gasteiger partial charge in [0.15, 0.2) is 6.10 Å². The number of anilines is 1. The molecule has 1 amide bonds. The SMILES string of the molecule is C[C@H](OC(=O)c1cccnc1)C(=O)Nc1ccc(S(=O)(=O)N2CCOCC2)cc1. The molecule has 1 fully saturated rings. The number of hydrogen-bond donors (Lipinski definition) is 1. The number of benzene rings is 1. The second-order valence-electron chi connectivity index (χ2n) is 6.32. The molecule has 1 N–H and O–H groups in total. The minimum Gasteiger partial charge on any atom is -0.449 e. The number of pyridine rings is 1. The van der Waals surface area contributed by atoms with Crippen LogP contribution in [0.15, 0.2) is 53.7 Å². The first kappa shape index (κ1) is 20.9. The number of rotatable bonds is 6. The molecule has 0 bridgehead atoms. The van der Waals surface area contributed by atoms with Crippen LogP contribution in [0.3, 0.4) is 0 Å². The van der Waals surface area contributed by atoms with Gasteiger partial charge in [-0.3, -0.25) is 9.78 Å². The van der Waals surface area contributed by atoms with Gasteiger partial charge in [0.05, 0.1) is 23.7 Å². The summed E-state index contributed by atoms with van der Waals surface area (Å²) in [6, 6.07) is 8.95. The minimum absolute atomic E-state index is 0.133. The van der Waals surface area contributed by atoms with Crippen molar-refractivity contribution in [3.63, 3.8) is 0 Å². The number of carbonyl (C=O) groups excluding carboxylic acids is 2. The van der Waals surface area contributed by atoms with E-state index >= 15 is 0 Å². The first-order valence-corrected chi connectivity index (χ1v) is 10.4. The van der Waals surface area contributed by atoms with Crippen molar-refractivity contribution in [1.82, 2.24) is 9.29 Å². The largest absolute Gasteiger partial charge is 0.449 e. The van der Waals surface area contributed by atoms with Gasteiger partial charge in [-0.25, -0.2) is 13.2 Å². The van der Waals surface area contributed by atoms with Crippen LogP contribution in [0, 0.1) is 0 Å². The van der Waals surface area contributed by atoms with Gasteiger partial charge in [0.25, 0.3) is 5.91 Å². The van der Waals surface area contributed by atoms with E-state index in [0.29, 0.717) is 32.0 Å².